The number of sulfonamides is 1. The van der Waals surface area contributed by atoms with E-state index < -0.39 is 57.4 Å². The Morgan fingerprint density at radius 1 is 1.04 bits per heavy atom. The molecule has 2 rings (SSSR count). The molecule has 1 N–H and O–H groups in total. The van der Waals surface area contributed by atoms with Crippen LogP contribution in [-0.2, 0) is 24.3 Å². The van der Waals surface area contributed by atoms with Crippen LogP contribution >= 0.6 is 0 Å². The third-order valence-corrected chi connectivity index (χ3v) is 4.99. The second-order valence-corrected chi connectivity index (χ2v) is 7.18. The highest BCUT2D eigenvalue weighted by molar-refractivity contribution is 7.89. The maximum absolute atomic E-state index is 13.6. The van der Waals surface area contributed by atoms with Gasteiger partial charge in [-0.05, 0) is 24.3 Å². The van der Waals surface area contributed by atoms with Crippen molar-refractivity contribution in [1.82, 2.24) is 4.72 Å². The van der Waals surface area contributed by atoms with Crippen LogP contribution < -0.4 is 9.62 Å². The Morgan fingerprint density at radius 2 is 1.68 bits per heavy atom. The number of likely N-dealkylation sites (N-methyl/N-ethyl adjacent to an activating group) is 1. The molecular weight excluding hydrogens is 401 g/mol. The first-order valence-corrected chi connectivity index (χ1v) is 9.22. The number of anilines is 1. The van der Waals surface area contributed by atoms with Gasteiger partial charge in [0, 0.05) is 12.7 Å². The van der Waals surface area contributed by atoms with Crippen LogP contribution in [0.1, 0.15) is 0 Å². The van der Waals surface area contributed by atoms with Crippen molar-refractivity contribution >= 4 is 27.6 Å². The van der Waals surface area contributed by atoms with E-state index in [1.54, 1.807) is 35.1 Å². The number of amides is 1. The van der Waals surface area contributed by atoms with Crippen LogP contribution in [-0.4, -0.2) is 40.5 Å². The van der Waals surface area contributed by atoms with E-state index in [4.69, 9.17) is 0 Å². The monoisotopic (exact) mass is 416 g/mol. The first kappa shape index (κ1) is 21.4. The summed E-state index contributed by atoms with van der Waals surface area (Å²) < 4.78 is 69.9. The zero-order chi connectivity index (χ0) is 20.9. The van der Waals surface area contributed by atoms with Gasteiger partial charge in [-0.3, -0.25) is 9.59 Å². The van der Waals surface area contributed by atoms with Gasteiger partial charge in [0.25, 0.3) is 5.91 Å². The number of hydrogen-bond donors (Lipinski definition) is 1. The summed E-state index contributed by atoms with van der Waals surface area (Å²) in [7, 11) is -3.19. The fraction of sp³-hybridized carbons (Fsp3) is 0.176. The number of benzene rings is 2. The number of carbonyl (C=O) groups excluding carboxylic acids is 2. The highest BCUT2D eigenvalue weighted by Crippen LogP contribution is 2.19. The highest BCUT2D eigenvalue weighted by Gasteiger charge is 2.25. The summed E-state index contributed by atoms with van der Waals surface area (Å²) in [5.41, 5.74) is 0.554. The van der Waals surface area contributed by atoms with Gasteiger partial charge in [-0.2, -0.15) is 4.72 Å². The maximum Gasteiger partial charge on any atom is 0.321 e. The van der Waals surface area contributed by atoms with Crippen LogP contribution in [0.5, 0.6) is 0 Å². The van der Waals surface area contributed by atoms with Crippen LogP contribution in [0, 0.1) is 17.5 Å². The molecule has 0 spiro atoms. The number of para-hydroxylation sites is 1. The Labute approximate surface area is 158 Å². The highest BCUT2D eigenvalue weighted by atomic mass is 32.2. The van der Waals surface area contributed by atoms with E-state index in [-0.39, 0.29) is 0 Å². The zero-order valence-corrected chi connectivity index (χ0v) is 15.3. The molecule has 0 aliphatic carbocycles. The minimum atomic E-state index is -4.65. The molecule has 0 atom stereocenters. The molecule has 2 aromatic rings. The van der Waals surface area contributed by atoms with Crippen molar-refractivity contribution < 1.29 is 35.9 Å². The average Bonchev–Trinajstić information content (AvgIpc) is 2.68. The Bertz CT molecular complexity index is 984. The van der Waals surface area contributed by atoms with E-state index in [9.17, 15) is 31.2 Å². The molecule has 0 bridgehead atoms. The molecular formula is C17H15F3N2O5S. The molecule has 0 radical (unpaired) electrons. The number of nitrogens with zero attached hydrogens (tertiary/aromatic N) is 1. The Balaban J connectivity index is 1.91. The number of carbonyl (C=O) groups is 2. The number of halogens is 3. The van der Waals surface area contributed by atoms with Crippen molar-refractivity contribution in [3.63, 3.8) is 0 Å². The predicted molar refractivity (Wildman–Crippen MR) is 92.3 cm³/mol. The molecule has 28 heavy (non-hydrogen) atoms. The van der Waals surface area contributed by atoms with Crippen molar-refractivity contribution in [1.29, 1.82) is 0 Å². The lowest BCUT2D eigenvalue weighted by Crippen LogP contribution is -2.35. The summed E-state index contributed by atoms with van der Waals surface area (Å²) >= 11 is 0. The van der Waals surface area contributed by atoms with Crippen LogP contribution in [0.25, 0.3) is 0 Å². The lowest BCUT2D eigenvalue weighted by molar-refractivity contribution is -0.146. The molecule has 2 aromatic carbocycles. The van der Waals surface area contributed by atoms with Gasteiger partial charge in [0.1, 0.15) is 11.4 Å². The van der Waals surface area contributed by atoms with E-state index in [1.807, 2.05) is 0 Å². The Kier molecular flexibility index (Phi) is 6.75. The van der Waals surface area contributed by atoms with Crippen molar-refractivity contribution in [3.8, 4) is 0 Å². The number of rotatable bonds is 7. The fourth-order valence-electron chi connectivity index (χ4n) is 2.03. The molecule has 0 aromatic heterocycles. The lowest BCUT2D eigenvalue weighted by Gasteiger charge is -2.17. The van der Waals surface area contributed by atoms with Crippen molar-refractivity contribution in [2.75, 3.05) is 25.1 Å². The minimum Gasteiger partial charge on any atom is -0.455 e. The summed E-state index contributed by atoms with van der Waals surface area (Å²) in [4.78, 5) is 23.7. The third-order valence-electron chi connectivity index (χ3n) is 3.57. The zero-order valence-electron chi connectivity index (χ0n) is 14.5. The summed E-state index contributed by atoms with van der Waals surface area (Å²) in [5.74, 6) is -7.13. The van der Waals surface area contributed by atoms with E-state index in [1.165, 1.54) is 11.9 Å². The molecule has 11 heteroatoms. The number of hydrogen-bond acceptors (Lipinski definition) is 5. The minimum absolute atomic E-state index is 0.434. The van der Waals surface area contributed by atoms with Crippen LogP contribution in [0.2, 0.25) is 0 Å². The molecule has 0 saturated carbocycles. The molecule has 0 heterocycles. The Hall–Kier alpha value is -2.92. The first-order chi connectivity index (χ1) is 13.1. The SMILES string of the molecule is CN(C(=O)COC(=O)CNS(=O)(=O)c1ccc(F)c(F)c1F)c1ccccc1. The largest absolute Gasteiger partial charge is 0.455 e. The molecule has 0 saturated heterocycles. The molecule has 7 nitrogen and oxygen atoms in total. The molecule has 0 aliphatic heterocycles. The first-order valence-electron chi connectivity index (χ1n) is 7.74. The van der Waals surface area contributed by atoms with Gasteiger partial charge in [0.15, 0.2) is 24.1 Å². The van der Waals surface area contributed by atoms with E-state index >= 15 is 0 Å². The van der Waals surface area contributed by atoms with Crippen LogP contribution in [0.4, 0.5) is 18.9 Å². The lowest BCUT2D eigenvalue weighted by atomic mass is 10.3. The van der Waals surface area contributed by atoms with Crippen LogP contribution in [0.3, 0.4) is 0 Å². The topological polar surface area (TPSA) is 92.8 Å². The average molecular weight is 416 g/mol. The van der Waals surface area contributed by atoms with E-state index in [0.29, 0.717) is 17.8 Å². The second kappa shape index (κ2) is 8.85. The summed E-state index contributed by atoms with van der Waals surface area (Å²) in [6.45, 7) is -1.60. The van der Waals surface area contributed by atoms with Crippen molar-refractivity contribution in [2.24, 2.45) is 0 Å². The standard InChI is InChI=1S/C17H15F3N2O5S/c1-22(11-5-3-2-4-6-11)14(23)10-27-15(24)9-21-28(25,26)13-8-7-12(18)16(19)17(13)20/h2-8,21H,9-10H2,1H3. The van der Waals surface area contributed by atoms with Gasteiger partial charge < -0.3 is 9.64 Å². The van der Waals surface area contributed by atoms with Crippen molar-refractivity contribution in [2.45, 2.75) is 4.90 Å². The van der Waals surface area contributed by atoms with Gasteiger partial charge in [-0.25, -0.2) is 21.6 Å². The normalized spacial score (nSPS) is 11.1. The molecule has 0 fully saturated rings. The molecule has 0 unspecified atom stereocenters. The molecule has 0 aliphatic rings. The molecule has 1 amide bonds. The number of esters is 1. The quantitative estimate of drug-likeness (QED) is 0.547. The summed E-state index contributed by atoms with van der Waals surface area (Å²) in [5, 5.41) is 0. The van der Waals surface area contributed by atoms with Gasteiger partial charge in [-0.15, -0.1) is 0 Å². The Morgan fingerprint density at radius 3 is 2.32 bits per heavy atom. The van der Waals surface area contributed by atoms with Crippen molar-refractivity contribution in [3.05, 3.63) is 59.9 Å². The van der Waals surface area contributed by atoms with E-state index in [0.717, 1.165) is 0 Å². The van der Waals surface area contributed by atoms with E-state index in [2.05, 4.69) is 4.74 Å². The summed E-state index contributed by atoms with van der Waals surface area (Å²) in [6.07, 6.45) is 0. The summed E-state index contributed by atoms with van der Waals surface area (Å²) in [6, 6.07) is 9.43. The van der Waals surface area contributed by atoms with Gasteiger partial charge in [0.05, 0.1) is 0 Å². The molecule has 150 valence electrons. The predicted octanol–water partition coefficient (Wildman–Crippen LogP) is 1.59. The third kappa shape index (κ3) is 5.08. The van der Waals surface area contributed by atoms with Gasteiger partial charge in [0.2, 0.25) is 10.0 Å². The van der Waals surface area contributed by atoms with Gasteiger partial charge >= 0.3 is 5.97 Å². The number of ether oxygens (including phenoxy) is 1. The van der Waals surface area contributed by atoms with Crippen LogP contribution in [0.15, 0.2) is 47.4 Å². The smallest absolute Gasteiger partial charge is 0.321 e. The maximum atomic E-state index is 13.6. The van der Waals surface area contributed by atoms with Gasteiger partial charge in [-0.1, -0.05) is 18.2 Å². The number of nitrogens with one attached hydrogen (secondary N) is 1. The fourth-order valence-corrected chi connectivity index (χ4v) is 3.07. The second-order valence-electron chi connectivity index (χ2n) is 5.45.